The van der Waals surface area contributed by atoms with Gasteiger partial charge in [-0.05, 0) is 27.3 Å². The molecule has 0 aromatic heterocycles. The van der Waals surface area contributed by atoms with E-state index in [4.69, 9.17) is 14.2 Å². The van der Waals surface area contributed by atoms with E-state index in [1.165, 1.54) is 0 Å². The van der Waals surface area contributed by atoms with E-state index in [1.807, 2.05) is 27.7 Å². The Bertz CT molecular complexity index is 262. The molecule has 0 amide bonds. The molecular formula is C13H25NO4. The minimum Gasteiger partial charge on any atom is -0.463 e. The molecule has 0 aromatic carbocycles. The first kappa shape index (κ1) is 15.4. The Morgan fingerprint density at radius 1 is 1.33 bits per heavy atom. The molecule has 0 radical (unpaired) electrons. The number of esters is 1. The van der Waals surface area contributed by atoms with Crippen LogP contribution in [-0.4, -0.2) is 50.6 Å². The fourth-order valence-electron chi connectivity index (χ4n) is 1.85. The summed E-state index contributed by atoms with van der Waals surface area (Å²) in [5.74, 6) is -0.393. The van der Waals surface area contributed by atoms with Crippen LogP contribution in [0.3, 0.4) is 0 Å². The Labute approximate surface area is 109 Å². The lowest BCUT2D eigenvalue weighted by molar-refractivity contribution is -0.152. The van der Waals surface area contributed by atoms with Crippen LogP contribution in [0.1, 0.15) is 27.7 Å². The van der Waals surface area contributed by atoms with Gasteiger partial charge < -0.3 is 19.5 Å². The fourth-order valence-corrected chi connectivity index (χ4v) is 1.85. The molecule has 1 heterocycles. The smallest absolute Gasteiger partial charge is 0.313 e. The van der Waals surface area contributed by atoms with Gasteiger partial charge in [0.2, 0.25) is 0 Å². The molecule has 106 valence electrons. The lowest BCUT2D eigenvalue weighted by Gasteiger charge is -2.20. The third kappa shape index (κ3) is 5.33. The largest absolute Gasteiger partial charge is 0.463 e. The number of hydrogen-bond donors (Lipinski definition) is 1. The van der Waals surface area contributed by atoms with Gasteiger partial charge in [-0.3, -0.25) is 4.79 Å². The second-order valence-corrected chi connectivity index (χ2v) is 5.44. The number of rotatable bonds is 6. The summed E-state index contributed by atoms with van der Waals surface area (Å²) < 4.78 is 16.0. The Kier molecular flexibility index (Phi) is 6.05. The van der Waals surface area contributed by atoms with Crippen molar-refractivity contribution >= 4 is 5.97 Å². The number of carbonyl (C=O) groups is 1. The zero-order valence-corrected chi connectivity index (χ0v) is 11.8. The van der Waals surface area contributed by atoms with E-state index in [-0.39, 0.29) is 23.5 Å². The highest BCUT2D eigenvalue weighted by molar-refractivity contribution is 5.73. The lowest BCUT2D eigenvalue weighted by atomic mass is 10.0. The predicted molar refractivity (Wildman–Crippen MR) is 68.4 cm³/mol. The maximum absolute atomic E-state index is 11.9. The SMILES string of the molecule is CCNC1COCC1C(=O)OCCOC(C)(C)C. The van der Waals surface area contributed by atoms with E-state index < -0.39 is 0 Å². The molecule has 1 N–H and O–H groups in total. The van der Waals surface area contributed by atoms with Crippen LogP contribution >= 0.6 is 0 Å². The Morgan fingerprint density at radius 2 is 2.06 bits per heavy atom. The standard InChI is InChI=1S/C13H25NO4/c1-5-14-11-9-16-8-10(11)12(15)17-6-7-18-13(2,3)4/h10-11,14H,5-9H2,1-4H3. The normalized spacial score (nSPS) is 24.2. The topological polar surface area (TPSA) is 56.8 Å². The van der Waals surface area contributed by atoms with Crippen LogP contribution in [0, 0.1) is 5.92 Å². The van der Waals surface area contributed by atoms with E-state index in [0.717, 1.165) is 6.54 Å². The minimum atomic E-state index is -0.199. The van der Waals surface area contributed by atoms with Crippen LogP contribution in [0.2, 0.25) is 0 Å². The van der Waals surface area contributed by atoms with Crippen LogP contribution < -0.4 is 5.32 Å². The molecule has 0 spiro atoms. The number of nitrogens with one attached hydrogen (secondary N) is 1. The Hall–Kier alpha value is -0.650. The van der Waals surface area contributed by atoms with Gasteiger partial charge in [0.05, 0.1) is 31.3 Å². The number of ether oxygens (including phenoxy) is 3. The summed E-state index contributed by atoms with van der Waals surface area (Å²) >= 11 is 0. The van der Waals surface area contributed by atoms with Gasteiger partial charge >= 0.3 is 5.97 Å². The summed E-state index contributed by atoms with van der Waals surface area (Å²) in [5, 5.41) is 3.23. The van der Waals surface area contributed by atoms with E-state index in [2.05, 4.69) is 5.32 Å². The third-order valence-corrected chi connectivity index (χ3v) is 2.71. The van der Waals surface area contributed by atoms with E-state index in [1.54, 1.807) is 0 Å². The first-order valence-corrected chi connectivity index (χ1v) is 6.55. The van der Waals surface area contributed by atoms with Crippen molar-refractivity contribution in [2.24, 2.45) is 5.92 Å². The van der Waals surface area contributed by atoms with Crippen molar-refractivity contribution in [2.45, 2.75) is 39.3 Å². The quantitative estimate of drug-likeness (QED) is 0.569. The van der Waals surface area contributed by atoms with Crippen molar-refractivity contribution in [3.05, 3.63) is 0 Å². The van der Waals surface area contributed by atoms with Gasteiger partial charge in [-0.15, -0.1) is 0 Å². The summed E-state index contributed by atoms with van der Waals surface area (Å²) in [4.78, 5) is 11.9. The highest BCUT2D eigenvalue weighted by Crippen LogP contribution is 2.15. The van der Waals surface area contributed by atoms with Crippen molar-refractivity contribution in [3.63, 3.8) is 0 Å². The van der Waals surface area contributed by atoms with Gasteiger partial charge in [0.25, 0.3) is 0 Å². The molecule has 0 bridgehead atoms. The second-order valence-electron chi connectivity index (χ2n) is 5.44. The van der Waals surface area contributed by atoms with Crippen LogP contribution in [0.5, 0.6) is 0 Å². The van der Waals surface area contributed by atoms with Crippen molar-refractivity contribution in [1.82, 2.24) is 5.32 Å². The molecule has 1 aliphatic heterocycles. The molecule has 1 fully saturated rings. The highest BCUT2D eigenvalue weighted by atomic mass is 16.6. The fraction of sp³-hybridized carbons (Fsp3) is 0.923. The van der Waals surface area contributed by atoms with Crippen LogP contribution in [0.4, 0.5) is 0 Å². The van der Waals surface area contributed by atoms with Crippen LogP contribution in [-0.2, 0) is 19.0 Å². The zero-order valence-electron chi connectivity index (χ0n) is 11.8. The summed E-state index contributed by atoms with van der Waals surface area (Å²) in [6, 6.07) is 0.0750. The Balaban J connectivity index is 2.23. The van der Waals surface area contributed by atoms with Gasteiger partial charge in [0.15, 0.2) is 0 Å². The molecule has 1 saturated heterocycles. The Morgan fingerprint density at radius 3 is 2.67 bits per heavy atom. The minimum absolute atomic E-state index is 0.0750. The van der Waals surface area contributed by atoms with Gasteiger partial charge in [-0.1, -0.05) is 6.92 Å². The number of hydrogen-bond acceptors (Lipinski definition) is 5. The summed E-state index contributed by atoms with van der Waals surface area (Å²) in [6.45, 7) is 10.5. The molecule has 0 saturated carbocycles. The van der Waals surface area contributed by atoms with E-state index in [9.17, 15) is 4.79 Å². The number of likely N-dealkylation sites (N-methyl/N-ethyl adjacent to an activating group) is 1. The van der Waals surface area contributed by atoms with Gasteiger partial charge in [-0.25, -0.2) is 0 Å². The highest BCUT2D eigenvalue weighted by Gasteiger charge is 2.34. The monoisotopic (exact) mass is 259 g/mol. The first-order chi connectivity index (χ1) is 8.44. The van der Waals surface area contributed by atoms with Gasteiger partial charge in [-0.2, -0.15) is 0 Å². The first-order valence-electron chi connectivity index (χ1n) is 6.55. The maximum Gasteiger partial charge on any atom is 0.313 e. The average molecular weight is 259 g/mol. The molecular weight excluding hydrogens is 234 g/mol. The van der Waals surface area contributed by atoms with Crippen LogP contribution in [0.15, 0.2) is 0 Å². The van der Waals surface area contributed by atoms with Gasteiger partial charge in [0.1, 0.15) is 6.61 Å². The average Bonchev–Trinajstić information content (AvgIpc) is 2.71. The molecule has 0 aliphatic carbocycles. The summed E-state index contributed by atoms with van der Waals surface area (Å²) in [5.41, 5.74) is -0.199. The van der Waals surface area contributed by atoms with Crippen LogP contribution in [0.25, 0.3) is 0 Å². The molecule has 5 heteroatoms. The number of carbonyl (C=O) groups excluding carboxylic acids is 1. The lowest BCUT2D eigenvalue weighted by Crippen LogP contribution is -2.40. The predicted octanol–water partition coefficient (Wildman–Crippen LogP) is 0.969. The molecule has 2 atom stereocenters. The summed E-state index contributed by atoms with van der Waals surface area (Å²) in [6.07, 6.45) is 0. The zero-order chi connectivity index (χ0) is 13.6. The molecule has 2 unspecified atom stereocenters. The van der Waals surface area contributed by atoms with Crippen molar-refractivity contribution in [2.75, 3.05) is 33.0 Å². The third-order valence-electron chi connectivity index (χ3n) is 2.71. The van der Waals surface area contributed by atoms with E-state index >= 15 is 0 Å². The van der Waals surface area contributed by atoms with Gasteiger partial charge in [0, 0.05) is 6.04 Å². The van der Waals surface area contributed by atoms with Crippen molar-refractivity contribution < 1.29 is 19.0 Å². The molecule has 0 aromatic rings. The van der Waals surface area contributed by atoms with Crippen molar-refractivity contribution in [1.29, 1.82) is 0 Å². The summed E-state index contributed by atoms with van der Waals surface area (Å²) in [7, 11) is 0. The molecule has 18 heavy (non-hydrogen) atoms. The molecule has 5 nitrogen and oxygen atoms in total. The molecule has 1 rings (SSSR count). The second kappa shape index (κ2) is 7.07. The maximum atomic E-state index is 11.9. The van der Waals surface area contributed by atoms with Crippen molar-refractivity contribution in [3.8, 4) is 0 Å². The molecule has 1 aliphatic rings. The van der Waals surface area contributed by atoms with E-state index in [0.29, 0.717) is 26.4 Å².